The normalized spacial score (nSPS) is 30.3. The van der Waals surface area contributed by atoms with Gasteiger partial charge in [0.05, 0.1) is 0 Å². The molecule has 0 aromatic heterocycles. The third-order valence-corrected chi connectivity index (χ3v) is 4.02. The molecule has 0 radical (unpaired) electrons. The van der Waals surface area contributed by atoms with Crippen molar-refractivity contribution in [3.05, 3.63) is 0 Å². The molecule has 0 aromatic carbocycles. The zero-order chi connectivity index (χ0) is 18.7. The summed E-state index contributed by atoms with van der Waals surface area (Å²) in [5.74, 6) is -2.47. The van der Waals surface area contributed by atoms with Crippen LogP contribution in [-0.2, 0) is 43.4 Å². The van der Waals surface area contributed by atoms with E-state index >= 15 is 0 Å². The van der Waals surface area contributed by atoms with E-state index in [4.69, 9.17) is 19.3 Å². The van der Waals surface area contributed by atoms with Crippen LogP contribution in [0.5, 0.6) is 0 Å². The van der Waals surface area contributed by atoms with Crippen LogP contribution in [0, 0.1) is 0 Å². The lowest BCUT2D eigenvalue weighted by Crippen LogP contribution is -2.63. The second-order valence-corrected chi connectivity index (χ2v) is 6.72. The highest BCUT2D eigenvalue weighted by Gasteiger charge is 2.53. The number of rotatable bonds is 5. The minimum Gasteiger partial charge on any atom is -0.463 e. The van der Waals surface area contributed by atoms with E-state index in [1.165, 1.54) is 0 Å². The molecule has 24 heavy (non-hydrogen) atoms. The monoisotopic (exact) mass is 369 g/mol. The number of sulfonamides is 1. The smallest absolute Gasteiger partial charge is 0.303 e. The highest BCUT2D eigenvalue weighted by atomic mass is 32.2. The lowest BCUT2D eigenvalue weighted by molar-refractivity contribution is -0.231. The number of nitrogens with two attached hydrogens (primary N) is 1. The Bertz CT molecular complexity index is 603. The Morgan fingerprint density at radius 2 is 1.54 bits per heavy atom. The number of aliphatic hydroxyl groups is 1. The molecule has 1 rings (SSSR count). The van der Waals surface area contributed by atoms with E-state index < -0.39 is 64.4 Å². The van der Waals surface area contributed by atoms with Crippen LogP contribution in [0.1, 0.15) is 20.8 Å². The zero-order valence-corrected chi connectivity index (χ0v) is 14.0. The number of primary sulfonamides is 1. The Kier molecular flexibility index (Phi) is 6.66. The summed E-state index contributed by atoms with van der Waals surface area (Å²) >= 11 is 0. The van der Waals surface area contributed by atoms with E-state index in [2.05, 4.69) is 4.74 Å². The average Bonchev–Trinajstić information content (AvgIpc) is 2.39. The first-order valence-corrected chi connectivity index (χ1v) is 8.37. The fourth-order valence-corrected chi connectivity index (χ4v) is 3.02. The number of hydrogen-bond acceptors (Lipinski definition) is 10. The van der Waals surface area contributed by atoms with Crippen molar-refractivity contribution >= 4 is 27.9 Å². The molecule has 0 amide bonds. The van der Waals surface area contributed by atoms with Crippen LogP contribution in [0.3, 0.4) is 0 Å². The Labute approximate surface area is 138 Å². The molecule has 1 aliphatic rings. The van der Waals surface area contributed by atoms with E-state index in [1.54, 1.807) is 0 Å². The molecule has 138 valence electrons. The predicted octanol–water partition coefficient (Wildman–Crippen LogP) is -2.21. The number of carbonyl (C=O) groups is 3. The fourth-order valence-electron chi connectivity index (χ4n) is 2.14. The number of esters is 3. The summed E-state index contributed by atoms with van der Waals surface area (Å²) in [6.07, 6.45) is -6.27. The van der Waals surface area contributed by atoms with Gasteiger partial charge in [-0.1, -0.05) is 0 Å². The molecule has 0 bridgehead atoms. The third kappa shape index (κ3) is 5.40. The minimum atomic E-state index is -4.43. The summed E-state index contributed by atoms with van der Waals surface area (Å²) in [6, 6.07) is 0. The number of hydrogen-bond donors (Lipinski definition) is 2. The molecule has 0 unspecified atom stereocenters. The van der Waals surface area contributed by atoms with E-state index in [1.807, 2.05) is 0 Å². The van der Waals surface area contributed by atoms with Crippen LogP contribution >= 0.6 is 0 Å². The first-order valence-electron chi connectivity index (χ1n) is 6.76. The molecule has 3 N–H and O–H groups in total. The summed E-state index contributed by atoms with van der Waals surface area (Å²) in [4.78, 5) is 33.3. The SMILES string of the molecule is CC(=O)OC[C@H]1O[C@@H](S(N)(=O)=O)[C@H](OC(C)=O)[C@@H](OC(C)=O)[C@@H]1O. The first kappa shape index (κ1) is 20.3. The number of carbonyl (C=O) groups excluding carboxylic acids is 3. The van der Waals surface area contributed by atoms with Crippen LogP contribution in [0.2, 0.25) is 0 Å². The lowest BCUT2D eigenvalue weighted by atomic mass is 9.99. The third-order valence-electron chi connectivity index (χ3n) is 3.00. The van der Waals surface area contributed by atoms with Crippen LogP contribution in [0.4, 0.5) is 0 Å². The molecule has 1 fully saturated rings. The van der Waals surface area contributed by atoms with Gasteiger partial charge >= 0.3 is 17.9 Å². The van der Waals surface area contributed by atoms with Crippen molar-refractivity contribution in [3.63, 3.8) is 0 Å². The van der Waals surface area contributed by atoms with Crippen molar-refractivity contribution in [2.24, 2.45) is 5.14 Å². The van der Waals surface area contributed by atoms with Crippen LogP contribution in [0.15, 0.2) is 0 Å². The van der Waals surface area contributed by atoms with Crippen molar-refractivity contribution < 1.29 is 46.9 Å². The molecular weight excluding hydrogens is 350 g/mol. The standard InChI is InChI=1S/C12H19NO10S/c1-5(14)20-4-8-9(17)10(21-6(2)15)11(22-7(3)16)12(23-8)24(13,18)19/h8-12,17H,4H2,1-3H3,(H2,13,18,19)/t8-,9-,10+,11-,12+/m1/s1. The van der Waals surface area contributed by atoms with Gasteiger partial charge in [-0.15, -0.1) is 0 Å². The number of aliphatic hydroxyl groups excluding tert-OH is 1. The van der Waals surface area contributed by atoms with Crippen LogP contribution in [-0.4, -0.2) is 67.9 Å². The van der Waals surface area contributed by atoms with E-state index in [9.17, 15) is 27.9 Å². The van der Waals surface area contributed by atoms with Crippen LogP contribution in [0.25, 0.3) is 0 Å². The maximum atomic E-state index is 11.7. The molecule has 0 saturated carbocycles. The zero-order valence-electron chi connectivity index (χ0n) is 13.2. The molecule has 1 aliphatic heterocycles. The summed E-state index contributed by atoms with van der Waals surface area (Å²) in [5, 5.41) is 15.3. The van der Waals surface area contributed by atoms with Gasteiger partial charge in [-0.25, -0.2) is 13.6 Å². The average molecular weight is 369 g/mol. The van der Waals surface area contributed by atoms with Crippen molar-refractivity contribution in [1.29, 1.82) is 0 Å². The maximum Gasteiger partial charge on any atom is 0.303 e. The van der Waals surface area contributed by atoms with E-state index in [0.29, 0.717) is 0 Å². The van der Waals surface area contributed by atoms with Gasteiger partial charge < -0.3 is 24.1 Å². The quantitative estimate of drug-likeness (QED) is 0.400. The Hall–Kier alpha value is -1.76. The van der Waals surface area contributed by atoms with Crippen LogP contribution < -0.4 is 5.14 Å². The molecule has 0 aromatic rings. The minimum absolute atomic E-state index is 0.521. The molecule has 1 heterocycles. The summed E-state index contributed by atoms with van der Waals surface area (Å²) in [7, 11) is -4.43. The Morgan fingerprint density at radius 1 is 1.04 bits per heavy atom. The second kappa shape index (κ2) is 7.88. The molecule has 1 saturated heterocycles. The Balaban J connectivity index is 3.20. The summed E-state index contributed by atoms with van der Waals surface area (Å²) in [6.45, 7) is 2.58. The maximum absolute atomic E-state index is 11.7. The van der Waals surface area contributed by atoms with Crippen molar-refractivity contribution in [2.45, 2.75) is 50.6 Å². The van der Waals surface area contributed by atoms with Gasteiger partial charge in [0.1, 0.15) is 18.8 Å². The second-order valence-electron chi connectivity index (χ2n) is 5.07. The molecule has 12 heteroatoms. The molecule has 5 atom stereocenters. The molecule has 0 spiro atoms. The van der Waals surface area contributed by atoms with Gasteiger partial charge in [0, 0.05) is 20.8 Å². The van der Waals surface area contributed by atoms with Crippen molar-refractivity contribution in [2.75, 3.05) is 6.61 Å². The number of ether oxygens (including phenoxy) is 4. The highest BCUT2D eigenvalue weighted by Crippen LogP contribution is 2.28. The van der Waals surface area contributed by atoms with E-state index in [-0.39, 0.29) is 0 Å². The van der Waals surface area contributed by atoms with Crippen molar-refractivity contribution in [3.8, 4) is 0 Å². The molecular formula is C12H19NO10S. The molecule has 11 nitrogen and oxygen atoms in total. The largest absolute Gasteiger partial charge is 0.463 e. The van der Waals surface area contributed by atoms with Gasteiger partial charge in [0.2, 0.25) is 15.5 Å². The molecule has 0 aliphatic carbocycles. The van der Waals surface area contributed by atoms with Gasteiger partial charge in [-0.3, -0.25) is 14.4 Å². The van der Waals surface area contributed by atoms with Crippen molar-refractivity contribution in [1.82, 2.24) is 0 Å². The first-order chi connectivity index (χ1) is 10.9. The Morgan fingerprint density at radius 3 is 1.96 bits per heavy atom. The van der Waals surface area contributed by atoms with Gasteiger partial charge in [0.25, 0.3) is 0 Å². The fraction of sp³-hybridized carbons (Fsp3) is 0.750. The topological polar surface area (TPSA) is 169 Å². The highest BCUT2D eigenvalue weighted by molar-refractivity contribution is 7.89. The lowest BCUT2D eigenvalue weighted by Gasteiger charge is -2.42. The van der Waals surface area contributed by atoms with Gasteiger partial charge in [-0.05, 0) is 0 Å². The van der Waals surface area contributed by atoms with E-state index in [0.717, 1.165) is 20.8 Å². The van der Waals surface area contributed by atoms with Gasteiger partial charge in [0.15, 0.2) is 12.2 Å². The van der Waals surface area contributed by atoms with Gasteiger partial charge in [-0.2, -0.15) is 0 Å². The summed E-state index contributed by atoms with van der Waals surface area (Å²) in [5.41, 5.74) is -1.92. The summed E-state index contributed by atoms with van der Waals surface area (Å²) < 4.78 is 43.0. The predicted molar refractivity (Wildman–Crippen MR) is 75.5 cm³/mol.